The standard InChI is InChI=1S/C13H13ClFNS/c14-12-4-3-9(7-13(12)15)6-10(16)8-11-2-1-5-17-11/h1-5,7,10H,6,8,16H2. The lowest BCUT2D eigenvalue weighted by Gasteiger charge is -2.10. The molecule has 90 valence electrons. The Labute approximate surface area is 109 Å². The van der Waals surface area contributed by atoms with Crippen molar-refractivity contribution in [3.05, 3.63) is 57.0 Å². The molecule has 17 heavy (non-hydrogen) atoms. The van der Waals surface area contributed by atoms with Crippen LogP contribution in [0.2, 0.25) is 5.02 Å². The van der Waals surface area contributed by atoms with Crippen molar-refractivity contribution in [1.82, 2.24) is 0 Å². The molecule has 4 heteroatoms. The van der Waals surface area contributed by atoms with Gasteiger partial charge in [-0.25, -0.2) is 4.39 Å². The average Bonchev–Trinajstić information content (AvgIpc) is 2.76. The summed E-state index contributed by atoms with van der Waals surface area (Å²) >= 11 is 7.32. The van der Waals surface area contributed by atoms with E-state index >= 15 is 0 Å². The van der Waals surface area contributed by atoms with E-state index in [-0.39, 0.29) is 16.9 Å². The van der Waals surface area contributed by atoms with Gasteiger partial charge in [0.2, 0.25) is 0 Å². The van der Waals surface area contributed by atoms with Gasteiger partial charge in [0.05, 0.1) is 5.02 Å². The Kier molecular flexibility index (Phi) is 4.15. The van der Waals surface area contributed by atoms with E-state index in [2.05, 4.69) is 6.07 Å². The highest BCUT2D eigenvalue weighted by Gasteiger charge is 2.08. The molecule has 0 saturated carbocycles. The third-order valence-electron chi connectivity index (χ3n) is 2.53. The number of halogens is 2. The number of thiophene rings is 1. The molecule has 1 heterocycles. The molecule has 2 aromatic rings. The number of rotatable bonds is 4. The summed E-state index contributed by atoms with van der Waals surface area (Å²) in [5, 5.41) is 2.19. The fraction of sp³-hybridized carbons (Fsp3) is 0.231. The maximum Gasteiger partial charge on any atom is 0.142 e. The van der Waals surface area contributed by atoms with E-state index in [1.54, 1.807) is 17.4 Å². The van der Waals surface area contributed by atoms with Gasteiger partial charge in [0, 0.05) is 10.9 Å². The summed E-state index contributed by atoms with van der Waals surface area (Å²) in [6.07, 6.45) is 1.48. The molecule has 0 amide bonds. The molecule has 0 radical (unpaired) electrons. The first-order valence-electron chi connectivity index (χ1n) is 5.37. The summed E-state index contributed by atoms with van der Waals surface area (Å²) in [5.41, 5.74) is 6.92. The Morgan fingerprint density at radius 2 is 2.12 bits per heavy atom. The van der Waals surface area contributed by atoms with Crippen molar-refractivity contribution in [3.63, 3.8) is 0 Å². The highest BCUT2D eigenvalue weighted by atomic mass is 35.5. The second-order valence-corrected chi connectivity index (χ2v) is 5.44. The number of hydrogen-bond acceptors (Lipinski definition) is 2. The van der Waals surface area contributed by atoms with E-state index in [0.29, 0.717) is 6.42 Å². The molecule has 1 nitrogen and oxygen atoms in total. The zero-order valence-electron chi connectivity index (χ0n) is 9.20. The summed E-state index contributed by atoms with van der Waals surface area (Å²) < 4.78 is 13.2. The molecule has 1 aromatic carbocycles. The highest BCUT2D eigenvalue weighted by molar-refractivity contribution is 7.09. The lowest BCUT2D eigenvalue weighted by atomic mass is 10.0. The van der Waals surface area contributed by atoms with E-state index in [9.17, 15) is 4.39 Å². The molecule has 0 bridgehead atoms. The molecule has 2 rings (SSSR count). The van der Waals surface area contributed by atoms with Gasteiger partial charge in [-0.1, -0.05) is 23.7 Å². The van der Waals surface area contributed by atoms with Crippen molar-refractivity contribution in [2.75, 3.05) is 0 Å². The van der Waals surface area contributed by atoms with Crippen LogP contribution in [-0.4, -0.2) is 6.04 Å². The predicted octanol–water partition coefficient (Wildman–Crippen LogP) is 3.65. The van der Waals surface area contributed by atoms with E-state index in [4.69, 9.17) is 17.3 Å². The van der Waals surface area contributed by atoms with Gasteiger partial charge in [-0.05, 0) is 42.0 Å². The zero-order chi connectivity index (χ0) is 12.3. The van der Waals surface area contributed by atoms with Crippen LogP contribution in [0.3, 0.4) is 0 Å². The van der Waals surface area contributed by atoms with Crippen LogP contribution in [-0.2, 0) is 12.8 Å². The Balaban J connectivity index is 1.98. The van der Waals surface area contributed by atoms with Crippen LogP contribution in [0.25, 0.3) is 0 Å². The normalized spacial score (nSPS) is 12.6. The molecule has 0 aliphatic heterocycles. The first-order valence-corrected chi connectivity index (χ1v) is 6.63. The van der Waals surface area contributed by atoms with Gasteiger partial charge < -0.3 is 5.73 Å². The maximum absolute atomic E-state index is 13.2. The number of hydrogen-bond donors (Lipinski definition) is 1. The zero-order valence-corrected chi connectivity index (χ0v) is 10.8. The van der Waals surface area contributed by atoms with E-state index < -0.39 is 0 Å². The molecule has 2 N–H and O–H groups in total. The lowest BCUT2D eigenvalue weighted by Crippen LogP contribution is -2.25. The minimum absolute atomic E-state index is 0.00854. The molecule has 0 aliphatic carbocycles. The third kappa shape index (κ3) is 3.53. The van der Waals surface area contributed by atoms with E-state index in [0.717, 1.165) is 12.0 Å². The Bertz CT molecular complexity index is 484. The summed E-state index contributed by atoms with van der Waals surface area (Å²) in [5.74, 6) is -0.382. The van der Waals surface area contributed by atoms with E-state index in [1.807, 2.05) is 17.5 Å². The molecule has 1 unspecified atom stereocenters. The fourth-order valence-corrected chi connectivity index (χ4v) is 2.65. The summed E-state index contributed by atoms with van der Waals surface area (Å²) in [6, 6.07) is 8.93. The largest absolute Gasteiger partial charge is 0.327 e. The molecule has 1 atom stereocenters. The van der Waals surface area contributed by atoms with Crippen molar-refractivity contribution in [1.29, 1.82) is 0 Å². The van der Waals surface area contributed by atoms with Crippen LogP contribution in [0.15, 0.2) is 35.7 Å². The smallest absolute Gasteiger partial charge is 0.142 e. The van der Waals surface area contributed by atoms with Crippen molar-refractivity contribution >= 4 is 22.9 Å². The highest BCUT2D eigenvalue weighted by Crippen LogP contribution is 2.17. The second kappa shape index (κ2) is 5.63. The Hall–Kier alpha value is -0.900. The molecular weight excluding hydrogens is 257 g/mol. The van der Waals surface area contributed by atoms with Crippen LogP contribution in [0.1, 0.15) is 10.4 Å². The van der Waals surface area contributed by atoms with Crippen LogP contribution in [0, 0.1) is 5.82 Å². The van der Waals surface area contributed by atoms with Crippen LogP contribution in [0.4, 0.5) is 4.39 Å². The van der Waals surface area contributed by atoms with Crippen LogP contribution in [0.5, 0.6) is 0 Å². The first-order chi connectivity index (χ1) is 8.15. The predicted molar refractivity (Wildman–Crippen MR) is 71.1 cm³/mol. The minimum atomic E-state index is -0.382. The number of nitrogens with two attached hydrogens (primary N) is 1. The monoisotopic (exact) mass is 269 g/mol. The van der Waals surface area contributed by atoms with Gasteiger partial charge >= 0.3 is 0 Å². The Morgan fingerprint density at radius 3 is 2.76 bits per heavy atom. The molecular formula is C13H13ClFNS. The lowest BCUT2D eigenvalue weighted by molar-refractivity contribution is 0.619. The topological polar surface area (TPSA) is 26.0 Å². The van der Waals surface area contributed by atoms with Gasteiger partial charge in [-0.2, -0.15) is 0 Å². The summed E-state index contributed by atoms with van der Waals surface area (Å²) in [7, 11) is 0. The quantitative estimate of drug-likeness (QED) is 0.901. The molecule has 0 saturated heterocycles. The molecule has 1 aromatic heterocycles. The van der Waals surface area contributed by atoms with Gasteiger partial charge in [0.25, 0.3) is 0 Å². The van der Waals surface area contributed by atoms with Gasteiger partial charge in [-0.3, -0.25) is 0 Å². The van der Waals surface area contributed by atoms with Crippen molar-refractivity contribution in [3.8, 4) is 0 Å². The van der Waals surface area contributed by atoms with Gasteiger partial charge in [0.15, 0.2) is 0 Å². The third-order valence-corrected chi connectivity index (χ3v) is 3.73. The van der Waals surface area contributed by atoms with Crippen LogP contribution < -0.4 is 5.73 Å². The number of benzene rings is 1. The maximum atomic E-state index is 13.2. The minimum Gasteiger partial charge on any atom is -0.327 e. The van der Waals surface area contributed by atoms with Crippen molar-refractivity contribution in [2.45, 2.75) is 18.9 Å². The first kappa shape index (κ1) is 12.6. The molecule has 0 spiro atoms. The van der Waals surface area contributed by atoms with Crippen molar-refractivity contribution < 1.29 is 4.39 Å². The SMILES string of the molecule is NC(Cc1ccc(Cl)c(F)c1)Cc1cccs1. The van der Waals surface area contributed by atoms with Gasteiger partial charge in [-0.15, -0.1) is 11.3 Å². The average molecular weight is 270 g/mol. The van der Waals surface area contributed by atoms with Crippen molar-refractivity contribution in [2.24, 2.45) is 5.73 Å². The van der Waals surface area contributed by atoms with E-state index in [1.165, 1.54) is 10.9 Å². The second-order valence-electron chi connectivity index (χ2n) is 4.00. The fourth-order valence-electron chi connectivity index (χ4n) is 1.73. The van der Waals surface area contributed by atoms with Gasteiger partial charge in [0.1, 0.15) is 5.82 Å². The molecule has 0 aliphatic rings. The summed E-state index contributed by atoms with van der Waals surface area (Å²) in [6.45, 7) is 0. The molecule has 0 fully saturated rings. The van der Waals surface area contributed by atoms with Crippen LogP contribution >= 0.6 is 22.9 Å². The Morgan fingerprint density at radius 1 is 1.29 bits per heavy atom. The summed E-state index contributed by atoms with van der Waals surface area (Å²) in [4.78, 5) is 1.26.